The van der Waals surface area contributed by atoms with E-state index in [-0.39, 0.29) is 23.7 Å². The molecule has 0 bridgehead atoms. The molecular weight excluding hydrogens is 318 g/mol. The third-order valence-electron chi connectivity index (χ3n) is 4.28. The van der Waals surface area contributed by atoms with Crippen LogP contribution in [-0.2, 0) is 9.59 Å². The monoisotopic (exact) mass is 347 g/mol. The summed E-state index contributed by atoms with van der Waals surface area (Å²) in [6.45, 7) is 2.18. The number of amides is 1. The number of nitrogens with zero attached hydrogens (tertiary/aromatic N) is 1. The zero-order chi connectivity index (χ0) is 18.7. The van der Waals surface area contributed by atoms with Crippen molar-refractivity contribution in [2.45, 2.75) is 64.7 Å². The summed E-state index contributed by atoms with van der Waals surface area (Å²) in [5, 5.41) is 9.19. The minimum atomic E-state index is -1.09. The van der Waals surface area contributed by atoms with Crippen molar-refractivity contribution < 1.29 is 19.5 Å². The molecule has 25 heavy (non-hydrogen) atoms. The number of carbonyl (C=O) groups is 3. The number of ketones is 1. The number of para-hydroxylation sites is 1. The molecule has 1 aromatic carbocycles. The van der Waals surface area contributed by atoms with Gasteiger partial charge in [-0.05, 0) is 18.6 Å². The smallest absolute Gasteiger partial charge is 0.337 e. The lowest BCUT2D eigenvalue weighted by Gasteiger charge is -2.19. The number of carbonyl (C=O) groups excluding carboxylic acids is 2. The van der Waals surface area contributed by atoms with Crippen LogP contribution in [0.3, 0.4) is 0 Å². The van der Waals surface area contributed by atoms with Gasteiger partial charge in [0, 0.05) is 13.5 Å². The number of hydrogen-bond donors (Lipinski definition) is 1. The molecule has 0 aliphatic rings. The van der Waals surface area contributed by atoms with Gasteiger partial charge in [-0.25, -0.2) is 4.79 Å². The first kappa shape index (κ1) is 20.9. The van der Waals surface area contributed by atoms with E-state index in [2.05, 4.69) is 6.92 Å². The Balaban J connectivity index is 2.40. The van der Waals surface area contributed by atoms with Crippen molar-refractivity contribution in [2.24, 2.45) is 0 Å². The lowest BCUT2D eigenvalue weighted by Crippen LogP contribution is -2.29. The highest BCUT2D eigenvalue weighted by Gasteiger charge is 2.19. The molecule has 0 radical (unpaired) electrons. The van der Waals surface area contributed by atoms with Crippen molar-refractivity contribution in [3.05, 3.63) is 29.8 Å². The Morgan fingerprint density at radius 1 is 0.960 bits per heavy atom. The van der Waals surface area contributed by atoms with E-state index in [1.54, 1.807) is 18.2 Å². The first-order valence-corrected chi connectivity index (χ1v) is 9.08. The Hall–Kier alpha value is -2.17. The van der Waals surface area contributed by atoms with Gasteiger partial charge in [0.25, 0.3) is 0 Å². The number of rotatable bonds is 12. The molecule has 0 aliphatic carbocycles. The molecule has 1 N–H and O–H groups in total. The summed E-state index contributed by atoms with van der Waals surface area (Å²) < 4.78 is 0. The van der Waals surface area contributed by atoms with Crippen molar-refractivity contribution in [1.29, 1.82) is 0 Å². The number of aromatic carboxylic acids is 1. The van der Waals surface area contributed by atoms with E-state index >= 15 is 0 Å². The Morgan fingerprint density at radius 3 is 2.20 bits per heavy atom. The van der Waals surface area contributed by atoms with E-state index < -0.39 is 5.97 Å². The molecule has 0 aliphatic heterocycles. The lowest BCUT2D eigenvalue weighted by atomic mass is 10.1. The topological polar surface area (TPSA) is 74.7 Å². The molecule has 5 heteroatoms. The highest BCUT2D eigenvalue weighted by atomic mass is 16.4. The second kappa shape index (κ2) is 11.4. The van der Waals surface area contributed by atoms with Crippen LogP contribution in [0.1, 0.15) is 75.1 Å². The predicted molar refractivity (Wildman–Crippen MR) is 99.0 cm³/mol. The maximum absolute atomic E-state index is 12.2. The highest BCUT2D eigenvalue weighted by Crippen LogP contribution is 2.20. The molecule has 1 aromatic rings. The molecule has 0 atom stereocenters. The van der Waals surface area contributed by atoms with Crippen molar-refractivity contribution in [3.8, 4) is 0 Å². The summed E-state index contributed by atoms with van der Waals surface area (Å²) in [5.41, 5.74) is 0.363. The van der Waals surface area contributed by atoms with E-state index in [1.807, 2.05) is 0 Å². The summed E-state index contributed by atoms with van der Waals surface area (Å²) in [6.07, 6.45) is 8.12. The zero-order valence-electron chi connectivity index (χ0n) is 15.3. The van der Waals surface area contributed by atoms with Gasteiger partial charge in [-0.2, -0.15) is 0 Å². The molecule has 1 rings (SSSR count). The van der Waals surface area contributed by atoms with Gasteiger partial charge in [-0.1, -0.05) is 57.6 Å². The summed E-state index contributed by atoms with van der Waals surface area (Å²) in [4.78, 5) is 36.7. The molecule has 0 heterocycles. The van der Waals surface area contributed by atoms with Crippen molar-refractivity contribution in [1.82, 2.24) is 0 Å². The van der Waals surface area contributed by atoms with Gasteiger partial charge in [0.15, 0.2) is 0 Å². The van der Waals surface area contributed by atoms with Crippen molar-refractivity contribution in [2.75, 3.05) is 11.9 Å². The van der Waals surface area contributed by atoms with Crippen LogP contribution < -0.4 is 4.90 Å². The van der Waals surface area contributed by atoms with E-state index in [0.29, 0.717) is 12.1 Å². The van der Waals surface area contributed by atoms with Crippen LogP contribution in [0.2, 0.25) is 0 Å². The molecule has 0 fully saturated rings. The fourth-order valence-corrected chi connectivity index (χ4v) is 2.74. The van der Waals surface area contributed by atoms with Crippen LogP contribution in [0, 0.1) is 0 Å². The van der Waals surface area contributed by atoms with Crippen LogP contribution in [0.15, 0.2) is 24.3 Å². The second-order valence-electron chi connectivity index (χ2n) is 6.36. The molecule has 1 amide bonds. The molecular formula is C20H29NO4. The molecule has 5 nitrogen and oxygen atoms in total. The number of benzene rings is 1. The second-order valence-corrected chi connectivity index (χ2v) is 6.36. The van der Waals surface area contributed by atoms with Gasteiger partial charge in [-0.3, -0.25) is 9.59 Å². The Kier molecular flexibility index (Phi) is 9.51. The van der Waals surface area contributed by atoms with Crippen LogP contribution in [0.4, 0.5) is 5.69 Å². The fourth-order valence-electron chi connectivity index (χ4n) is 2.74. The van der Waals surface area contributed by atoms with E-state index in [4.69, 9.17) is 0 Å². The number of hydrogen-bond acceptors (Lipinski definition) is 3. The largest absolute Gasteiger partial charge is 0.478 e. The summed E-state index contributed by atoms with van der Waals surface area (Å²) in [5.74, 6) is -1.55. The normalized spacial score (nSPS) is 10.5. The predicted octanol–water partition coefficient (Wildman–Crippen LogP) is 4.45. The minimum absolute atomic E-state index is 0.0536. The van der Waals surface area contributed by atoms with Gasteiger partial charge < -0.3 is 10.0 Å². The number of Topliss-reactive ketones (excluding diaryl/α,β-unsaturated/α-hetero) is 1. The Morgan fingerprint density at radius 2 is 1.56 bits per heavy atom. The quantitative estimate of drug-likeness (QED) is 0.448. The molecule has 138 valence electrons. The SMILES string of the molecule is CCCCCCCCCC(=O)CC(=O)N(C)c1ccccc1C(=O)O. The van der Waals surface area contributed by atoms with Crippen molar-refractivity contribution in [3.63, 3.8) is 0 Å². The minimum Gasteiger partial charge on any atom is -0.478 e. The van der Waals surface area contributed by atoms with Gasteiger partial charge in [0.05, 0.1) is 17.7 Å². The van der Waals surface area contributed by atoms with Gasteiger partial charge in [0.2, 0.25) is 5.91 Å². The zero-order valence-corrected chi connectivity index (χ0v) is 15.3. The first-order chi connectivity index (χ1) is 12.0. The summed E-state index contributed by atoms with van der Waals surface area (Å²) >= 11 is 0. The average molecular weight is 347 g/mol. The van der Waals surface area contributed by atoms with Gasteiger partial charge in [0.1, 0.15) is 5.78 Å². The Bertz CT molecular complexity index is 583. The van der Waals surface area contributed by atoms with Gasteiger partial charge >= 0.3 is 5.97 Å². The third kappa shape index (κ3) is 7.50. The van der Waals surface area contributed by atoms with Crippen LogP contribution in [0.5, 0.6) is 0 Å². The highest BCUT2D eigenvalue weighted by molar-refractivity contribution is 6.08. The maximum atomic E-state index is 12.2. The molecule has 0 unspecified atom stereocenters. The van der Waals surface area contributed by atoms with E-state index in [0.717, 1.165) is 19.3 Å². The molecule has 0 spiro atoms. The van der Waals surface area contributed by atoms with Crippen LogP contribution in [-0.4, -0.2) is 29.8 Å². The third-order valence-corrected chi connectivity index (χ3v) is 4.28. The van der Waals surface area contributed by atoms with Crippen LogP contribution >= 0.6 is 0 Å². The van der Waals surface area contributed by atoms with Crippen molar-refractivity contribution >= 4 is 23.3 Å². The lowest BCUT2D eigenvalue weighted by molar-refractivity contribution is -0.126. The van der Waals surface area contributed by atoms with E-state index in [1.165, 1.54) is 43.7 Å². The standard InChI is InChI=1S/C20H29NO4/c1-3-4-5-6-7-8-9-12-16(22)15-19(23)21(2)18-14-11-10-13-17(18)20(24)25/h10-11,13-14H,3-9,12,15H2,1-2H3,(H,24,25). The van der Waals surface area contributed by atoms with E-state index in [9.17, 15) is 19.5 Å². The van der Waals surface area contributed by atoms with Crippen LogP contribution in [0.25, 0.3) is 0 Å². The summed E-state index contributed by atoms with van der Waals surface area (Å²) in [7, 11) is 1.51. The summed E-state index contributed by atoms with van der Waals surface area (Å²) in [6, 6.07) is 6.30. The Labute approximate surface area is 150 Å². The molecule has 0 saturated carbocycles. The number of anilines is 1. The fraction of sp³-hybridized carbons (Fsp3) is 0.550. The first-order valence-electron chi connectivity index (χ1n) is 9.08. The maximum Gasteiger partial charge on any atom is 0.337 e. The molecule has 0 aromatic heterocycles. The molecule has 0 saturated heterocycles. The van der Waals surface area contributed by atoms with Gasteiger partial charge in [-0.15, -0.1) is 0 Å². The number of carboxylic acids is 1. The number of unbranched alkanes of at least 4 members (excludes halogenated alkanes) is 6. The average Bonchev–Trinajstić information content (AvgIpc) is 2.60. The number of carboxylic acid groups (broad SMARTS) is 1.